The number of aromatic nitrogens is 1. The van der Waals surface area contributed by atoms with Crippen LogP contribution in [-0.4, -0.2) is 35.8 Å². The van der Waals surface area contributed by atoms with Crippen molar-refractivity contribution in [3.8, 4) is 0 Å². The molecule has 3 N–H and O–H groups in total. The molecule has 1 aliphatic carbocycles. The first-order chi connectivity index (χ1) is 13.6. The van der Waals surface area contributed by atoms with Crippen molar-refractivity contribution in [2.45, 2.75) is 57.0 Å². The molecule has 2 heterocycles. The van der Waals surface area contributed by atoms with E-state index in [1.807, 2.05) is 29.0 Å². The number of nitrogens with zero attached hydrogens (tertiary/aromatic N) is 1. The van der Waals surface area contributed by atoms with Gasteiger partial charge in [0.25, 0.3) is 5.91 Å². The zero-order valence-corrected chi connectivity index (χ0v) is 17.1. The number of ether oxygens (including phenoxy) is 1. The van der Waals surface area contributed by atoms with E-state index in [9.17, 15) is 4.79 Å². The molecule has 0 unspecified atom stereocenters. The van der Waals surface area contributed by atoms with Crippen molar-refractivity contribution in [1.29, 1.82) is 0 Å². The number of benzene rings is 1. The van der Waals surface area contributed by atoms with Crippen LogP contribution in [-0.2, 0) is 11.3 Å². The van der Waals surface area contributed by atoms with Gasteiger partial charge in [-0.3, -0.25) is 4.79 Å². The van der Waals surface area contributed by atoms with E-state index in [4.69, 9.17) is 22.1 Å². The van der Waals surface area contributed by atoms with Crippen molar-refractivity contribution in [2.24, 2.45) is 11.7 Å². The summed E-state index contributed by atoms with van der Waals surface area (Å²) in [5.74, 6) is 0.685. The van der Waals surface area contributed by atoms with Gasteiger partial charge in [-0.25, -0.2) is 0 Å². The average molecular weight is 404 g/mol. The zero-order valence-electron chi connectivity index (χ0n) is 16.4. The second-order valence-corrected chi connectivity index (χ2v) is 8.97. The number of hydrogen-bond acceptors (Lipinski definition) is 3. The van der Waals surface area contributed by atoms with E-state index in [-0.39, 0.29) is 11.4 Å². The number of rotatable bonds is 6. The number of nitrogens with two attached hydrogens (primary N) is 1. The van der Waals surface area contributed by atoms with Gasteiger partial charge in [-0.05, 0) is 24.5 Å². The van der Waals surface area contributed by atoms with Crippen molar-refractivity contribution >= 4 is 28.4 Å². The van der Waals surface area contributed by atoms with Crippen LogP contribution in [0, 0.1) is 5.92 Å². The average Bonchev–Trinajstić information content (AvgIpc) is 2.83. The van der Waals surface area contributed by atoms with Crippen LogP contribution < -0.4 is 11.1 Å². The number of hydrogen-bond donors (Lipinski definition) is 2. The number of fused-ring (bicyclic) bond motifs is 1. The van der Waals surface area contributed by atoms with Gasteiger partial charge in [-0.2, -0.15) is 0 Å². The van der Waals surface area contributed by atoms with Crippen LogP contribution in [0.2, 0.25) is 5.02 Å². The summed E-state index contributed by atoms with van der Waals surface area (Å²) in [6.45, 7) is 2.40. The first-order valence-corrected chi connectivity index (χ1v) is 10.9. The van der Waals surface area contributed by atoms with Gasteiger partial charge in [0, 0.05) is 24.7 Å². The van der Waals surface area contributed by atoms with E-state index in [2.05, 4.69) is 5.32 Å². The topological polar surface area (TPSA) is 69.3 Å². The lowest BCUT2D eigenvalue weighted by molar-refractivity contribution is -0.0607. The van der Waals surface area contributed by atoms with E-state index in [1.54, 1.807) is 0 Å². The first-order valence-electron chi connectivity index (χ1n) is 10.5. The predicted octanol–water partition coefficient (Wildman–Crippen LogP) is 4.11. The van der Waals surface area contributed by atoms with Gasteiger partial charge in [0.05, 0.1) is 34.9 Å². The molecule has 1 saturated carbocycles. The molecule has 1 saturated heterocycles. The molecule has 1 aromatic carbocycles. The molecule has 2 aliphatic rings. The Bertz CT molecular complexity index is 836. The quantitative estimate of drug-likeness (QED) is 0.713. The maximum absolute atomic E-state index is 12.9. The third kappa shape index (κ3) is 4.22. The zero-order chi connectivity index (χ0) is 19.6. The van der Waals surface area contributed by atoms with Crippen LogP contribution in [0.1, 0.15) is 55.3 Å². The van der Waals surface area contributed by atoms with Gasteiger partial charge < -0.3 is 20.4 Å². The summed E-state index contributed by atoms with van der Waals surface area (Å²) >= 11 is 6.46. The minimum atomic E-state index is -0.374. The van der Waals surface area contributed by atoms with E-state index in [0.717, 1.165) is 29.8 Å². The molecular weight excluding hydrogens is 374 g/mol. The molecule has 0 bridgehead atoms. The van der Waals surface area contributed by atoms with Gasteiger partial charge in [-0.15, -0.1) is 0 Å². The van der Waals surface area contributed by atoms with Crippen molar-refractivity contribution in [3.63, 3.8) is 0 Å². The molecule has 6 heteroatoms. The summed E-state index contributed by atoms with van der Waals surface area (Å²) in [4.78, 5) is 12.9. The lowest BCUT2D eigenvalue weighted by Crippen LogP contribution is -2.59. The van der Waals surface area contributed by atoms with Gasteiger partial charge in [0.1, 0.15) is 0 Å². The lowest BCUT2D eigenvalue weighted by atomic mass is 9.97. The molecule has 5 nitrogen and oxygen atoms in total. The maximum Gasteiger partial charge on any atom is 0.253 e. The van der Waals surface area contributed by atoms with Crippen molar-refractivity contribution in [3.05, 3.63) is 35.0 Å². The Morgan fingerprint density at radius 2 is 2.00 bits per heavy atom. The summed E-state index contributed by atoms with van der Waals surface area (Å²) in [5, 5.41) is 4.53. The lowest BCUT2D eigenvalue weighted by Gasteiger charge is -2.38. The number of carbonyl (C=O) groups is 1. The molecule has 152 valence electrons. The minimum Gasteiger partial charge on any atom is -0.377 e. The van der Waals surface area contributed by atoms with E-state index < -0.39 is 0 Å². The predicted molar refractivity (Wildman–Crippen MR) is 113 cm³/mol. The molecular formula is C22H30ClN3O2. The van der Waals surface area contributed by atoms with Crippen molar-refractivity contribution in [2.75, 3.05) is 19.8 Å². The van der Waals surface area contributed by atoms with Crippen LogP contribution in [0.5, 0.6) is 0 Å². The maximum atomic E-state index is 12.9. The largest absolute Gasteiger partial charge is 0.377 e. The Kier molecular flexibility index (Phi) is 5.95. The van der Waals surface area contributed by atoms with Crippen LogP contribution in [0.4, 0.5) is 0 Å². The fraction of sp³-hybridized carbons (Fsp3) is 0.591. The molecule has 0 spiro atoms. The molecule has 2 aromatic rings. The van der Waals surface area contributed by atoms with Crippen LogP contribution in [0.15, 0.2) is 24.4 Å². The molecule has 1 aliphatic heterocycles. The molecule has 2 fully saturated rings. The normalized spacial score (nSPS) is 19.9. The van der Waals surface area contributed by atoms with Gasteiger partial charge in [0.2, 0.25) is 0 Å². The SMILES string of the molecule is NC1(Cn2cc(C(=O)NCCC3CCCCCC3)c3c(Cl)cccc32)COC1. The van der Waals surface area contributed by atoms with Crippen LogP contribution >= 0.6 is 11.6 Å². The molecule has 28 heavy (non-hydrogen) atoms. The monoisotopic (exact) mass is 403 g/mol. The first kappa shape index (κ1) is 19.7. The molecule has 4 rings (SSSR count). The third-order valence-corrected chi connectivity index (χ3v) is 6.49. The Morgan fingerprint density at radius 3 is 2.68 bits per heavy atom. The Labute approximate surface area is 171 Å². The number of carbonyl (C=O) groups excluding carboxylic acids is 1. The Hall–Kier alpha value is -1.56. The highest BCUT2D eigenvalue weighted by molar-refractivity contribution is 6.36. The van der Waals surface area contributed by atoms with E-state index >= 15 is 0 Å². The number of nitrogens with one attached hydrogen (secondary N) is 1. The third-order valence-electron chi connectivity index (χ3n) is 6.18. The molecule has 0 atom stereocenters. The van der Waals surface area contributed by atoms with E-state index in [0.29, 0.717) is 30.3 Å². The molecule has 1 aromatic heterocycles. The van der Waals surface area contributed by atoms with Gasteiger partial charge >= 0.3 is 0 Å². The minimum absolute atomic E-state index is 0.0543. The summed E-state index contributed by atoms with van der Waals surface area (Å²) in [6.07, 6.45) is 10.9. The Balaban J connectivity index is 1.48. The van der Waals surface area contributed by atoms with Crippen LogP contribution in [0.3, 0.4) is 0 Å². The van der Waals surface area contributed by atoms with Crippen molar-refractivity contribution < 1.29 is 9.53 Å². The number of amides is 1. The van der Waals surface area contributed by atoms with Gasteiger partial charge in [0.15, 0.2) is 0 Å². The van der Waals surface area contributed by atoms with Crippen LogP contribution in [0.25, 0.3) is 10.9 Å². The molecule has 0 radical (unpaired) electrons. The summed E-state index contributed by atoms with van der Waals surface area (Å²) in [6, 6.07) is 5.74. The van der Waals surface area contributed by atoms with Crippen molar-refractivity contribution in [1.82, 2.24) is 9.88 Å². The van der Waals surface area contributed by atoms with Gasteiger partial charge in [-0.1, -0.05) is 56.2 Å². The standard InChI is InChI=1S/C22H30ClN3O2/c23-18-8-5-9-19-20(18)17(12-26(19)13-22(24)14-28-15-22)21(27)25-11-10-16-6-3-1-2-4-7-16/h5,8-9,12,16H,1-4,6-7,10-11,13-15,24H2,(H,25,27). The second kappa shape index (κ2) is 8.44. The Morgan fingerprint density at radius 1 is 1.25 bits per heavy atom. The summed E-state index contributed by atoms with van der Waals surface area (Å²) in [7, 11) is 0. The highest BCUT2D eigenvalue weighted by atomic mass is 35.5. The molecule has 1 amide bonds. The fourth-order valence-electron chi connectivity index (χ4n) is 4.54. The summed E-state index contributed by atoms with van der Waals surface area (Å²) < 4.78 is 7.32. The number of halogens is 1. The highest BCUT2D eigenvalue weighted by Gasteiger charge is 2.35. The highest BCUT2D eigenvalue weighted by Crippen LogP contribution is 2.31. The van der Waals surface area contributed by atoms with E-state index in [1.165, 1.54) is 38.5 Å². The second-order valence-electron chi connectivity index (χ2n) is 8.56. The fourth-order valence-corrected chi connectivity index (χ4v) is 4.82. The smallest absolute Gasteiger partial charge is 0.253 e. The summed E-state index contributed by atoms with van der Waals surface area (Å²) in [5.41, 5.74) is 7.54.